The predicted octanol–water partition coefficient (Wildman–Crippen LogP) is 20.8. The lowest BCUT2D eigenvalue weighted by atomic mass is 10.0. The first-order valence-electron chi connectivity index (χ1n) is 32.9. The van der Waals surface area contributed by atoms with Crippen LogP contribution in [0.5, 0.6) is 0 Å². The van der Waals surface area contributed by atoms with Crippen molar-refractivity contribution >= 4 is 11.9 Å². The lowest BCUT2D eigenvalue weighted by Gasteiger charge is -2.22. The maximum atomic E-state index is 12.5. The number of unbranched alkanes of at least 4 members (excludes halogenated alkanes) is 49. The predicted molar refractivity (Wildman–Crippen MR) is 315 cm³/mol. The molecule has 0 aliphatic heterocycles. The van der Waals surface area contributed by atoms with Crippen LogP contribution >= 0.6 is 0 Å². The Balaban J connectivity index is 3.38. The number of ether oxygens (including phenoxy) is 1. The van der Waals surface area contributed by atoms with E-state index in [-0.39, 0.29) is 18.5 Å². The highest BCUT2D eigenvalue weighted by atomic mass is 16.5. The molecule has 1 amide bonds. The molecule has 0 aliphatic carbocycles. The summed E-state index contributed by atoms with van der Waals surface area (Å²) >= 11 is 0. The fourth-order valence-electron chi connectivity index (χ4n) is 10.5. The van der Waals surface area contributed by atoms with E-state index in [9.17, 15) is 19.8 Å². The largest absolute Gasteiger partial charge is 0.466 e. The minimum Gasteiger partial charge on any atom is -0.466 e. The van der Waals surface area contributed by atoms with Crippen molar-refractivity contribution in [2.75, 3.05) is 13.2 Å². The van der Waals surface area contributed by atoms with Gasteiger partial charge in [-0.15, -0.1) is 0 Å². The standard InChI is InChI=1S/C66H129NO5/c1-3-5-7-9-11-13-15-17-18-19-20-25-28-31-35-38-42-46-50-54-58-64(69)63(62-68)67-65(70)59-55-51-47-43-39-36-32-29-26-23-21-22-24-27-30-33-37-41-45-49-53-57-61-72-66(71)60-56-52-48-44-40-34-16-14-12-10-8-6-4-2/h14,16,63-64,68-69H,3-13,15,17-62H2,1-2H3,(H,67,70)/b16-14-. The zero-order valence-corrected chi connectivity index (χ0v) is 48.9. The third-order valence-corrected chi connectivity index (χ3v) is 15.6. The highest BCUT2D eigenvalue weighted by Crippen LogP contribution is 2.19. The van der Waals surface area contributed by atoms with Crippen molar-refractivity contribution in [3.63, 3.8) is 0 Å². The Morgan fingerprint density at radius 2 is 0.653 bits per heavy atom. The van der Waals surface area contributed by atoms with Crippen LogP contribution in [-0.4, -0.2) is 47.4 Å². The molecule has 0 spiro atoms. The van der Waals surface area contributed by atoms with Gasteiger partial charge in [-0.25, -0.2) is 0 Å². The summed E-state index contributed by atoms with van der Waals surface area (Å²) < 4.78 is 5.48. The number of esters is 1. The molecule has 6 nitrogen and oxygen atoms in total. The van der Waals surface area contributed by atoms with Gasteiger partial charge in [-0.3, -0.25) is 9.59 Å². The zero-order chi connectivity index (χ0) is 52.2. The van der Waals surface area contributed by atoms with Gasteiger partial charge in [0.15, 0.2) is 0 Å². The van der Waals surface area contributed by atoms with Gasteiger partial charge in [-0.1, -0.05) is 321 Å². The molecule has 72 heavy (non-hydrogen) atoms. The quantitative estimate of drug-likeness (QED) is 0.0320. The van der Waals surface area contributed by atoms with Gasteiger partial charge in [0.2, 0.25) is 5.91 Å². The third-order valence-electron chi connectivity index (χ3n) is 15.6. The molecule has 6 heteroatoms. The monoisotopic (exact) mass is 1020 g/mol. The summed E-state index contributed by atoms with van der Waals surface area (Å²) in [6.45, 7) is 4.97. The van der Waals surface area contributed by atoms with Crippen molar-refractivity contribution in [2.45, 2.75) is 386 Å². The molecule has 2 unspecified atom stereocenters. The van der Waals surface area contributed by atoms with E-state index in [1.807, 2.05) is 0 Å². The number of rotatable bonds is 62. The normalized spacial score (nSPS) is 12.6. The van der Waals surface area contributed by atoms with Crippen LogP contribution in [0.15, 0.2) is 12.2 Å². The van der Waals surface area contributed by atoms with Crippen LogP contribution in [0.25, 0.3) is 0 Å². The maximum absolute atomic E-state index is 12.5. The van der Waals surface area contributed by atoms with Crippen LogP contribution in [0.2, 0.25) is 0 Å². The minimum atomic E-state index is -0.665. The molecule has 2 atom stereocenters. The van der Waals surface area contributed by atoms with E-state index < -0.39 is 12.1 Å². The highest BCUT2D eigenvalue weighted by molar-refractivity contribution is 5.76. The van der Waals surface area contributed by atoms with Gasteiger partial charge >= 0.3 is 5.97 Å². The number of carbonyl (C=O) groups excluding carboxylic acids is 2. The van der Waals surface area contributed by atoms with E-state index in [1.54, 1.807) is 0 Å². The first kappa shape index (κ1) is 70.6. The molecule has 0 aromatic carbocycles. The van der Waals surface area contributed by atoms with Crippen LogP contribution < -0.4 is 5.32 Å². The summed E-state index contributed by atoms with van der Waals surface area (Å²) in [5.74, 6) is -0.0260. The third kappa shape index (κ3) is 57.9. The summed E-state index contributed by atoms with van der Waals surface area (Å²) in [7, 11) is 0. The molecule has 0 aromatic rings. The van der Waals surface area contributed by atoms with Crippen molar-refractivity contribution in [3.05, 3.63) is 12.2 Å². The maximum Gasteiger partial charge on any atom is 0.305 e. The van der Waals surface area contributed by atoms with Crippen molar-refractivity contribution in [1.29, 1.82) is 0 Å². The number of allylic oxidation sites excluding steroid dienone is 2. The second kappa shape index (κ2) is 62.1. The number of carbonyl (C=O) groups is 2. The lowest BCUT2D eigenvalue weighted by molar-refractivity contribution is -0.143. The lowest BCUT2D eigenvalue weighted by Crippen LogP contribution is -2.45. The van der Waals surface area contributed by atoms with E-state index in [0.29, 0.717) is 25.9 Å². The number of nitrogens with one attached hydrogen (secondary N) is 1. The summed E-state index contributed by atoms with van der Waals surface area (Å²) in [5, 5.41) is 23.4. The molecule has 0 heterocycles. The average Bonchev–Trinajstić information content (AvgIpc) is 3.38. The molecule has 428 valence electrons. The highest BCUT2D eigenvalue weighted by Gasteiger charge is 2.20. The summed E-state index contributed by atoms with van der Waals surface area (Å²) in [4.78, 5) is 24.6. The molecular weight excluding hydrogens is 887 g/mol. The van der Waals surface area contributed by atoms with Gasteiger partial charge in [0.25, 0.3) is 0 Å². The number of aliphatic hydroxyl groups excluding tert-OH is 2. The smallest absolute Gasteiger partial charge is 0.305 e. The molecule has 0 radical (unpaired) electrons. The molecule has 0 rings (SSSR count). The molecule has 0 aliphatic rings. The fraction of sp³-hybridized carbons (Fsp3) is 0.939. The summed E-state index contributed by atoms with van der Waals surface area (Å²) in [6.07, 6.45) is 75.2. The van der Waals surface area contributed by atoms with Crippen molar-refractivity contribution in [1.82, 2.24) is 5.32 Å². The van der Waals surface area contributed by atoms with Crippen LogP contribution in [-0.2, 0) is 14.3 Å². The number of amides is 1. The zero-order valence-electron chi connectivity index (χ0n) is 48.9. The Labute approximate surface area is 450 Å². The molecule has 3 N–H and O–H groups in total. The first-order chi connectivity index (χ1) is 35.5. The summed E-state index contributed by atoms with van der Waals surface area (Å²) in [6, 6.07) is -0.542. The molecule has 0 saturated carbocycles. The fourth-order valence-corrected chi connectivity index (χ4v) is 10.5. The molecule has 0 fully saturated rings. The van der Waals surface area contributed by atoms with Gasteiger partial charge in [-0.2, -0.15) is 0 Å². The van der Waals surface area contributed by atoms with Crippen molar-refractivity contribution < 1.29 is 24.5 Å². The van der Waals surface area contributed by atoms with Crippen molar-refractivity contribution in [2.24, 2.45) is 0 Å². The minimum absolute atomic E-state index is 0.00497. The Bertz CT molecular complexity index is 1080. The van der Waals surface area contributed by atoms with Crippen LogP contribution in [0.4, 0.5) is 0 Å². The second-order valence-electron chi connectivity index (χ2n) is 22.8. The van der Waals surface area contributed by atoms with E-state index in [2.05, 4.69) is 31.3 Å². The Hall–Kier alpha value is -1.40. The molecule has 0 bridgehead atoms. The van der Waals surface area contributed by atoms with E-state index in [0.717, 1.165) is 44.9 Å². The summed E-state index contributed by atoms with van der Waals surface area (Å²) in [5.41, 5.74) is 0. The van der Waals surface area contributed by atoms with E-state index in [4.69, 9.17) is 4.74 Å². The second-order valence-corrected chi connectivity index (χ2v) is 22.8. The van der Waals surface area contributed by atoms with Gasteiger partial charge in [-0.05, 0) is 51.4 Å². The SMILES string of the molecule is CCCCCC/C=C\CCCCCCCC(=O)OCCCCCCCCCCCCCCCCCCCCCCCCC(=O)NC(CO)C(O)CCCCCCCCCCCCCCCCCCCCCC. The first-order valence-corrected chi connectivity index (χ1v) is 32.9. The Kier molecular flexibility index (Phi) is 60.9. The molecular formula is C66H129NO5. The topological polar surface area (TPSA) is 95.9 Å². The molecule has 0 saturated heterocycles. The van der Waals surface area contributed by atoms with Gasteiger partial charge < -0.3 is 20.3 Å². The number of hydrogen-bond acceptors (Lipinski definition) is 5. The van der Waals surface area contributed by atoms with Crippen LogP contribution in [0, 0.1) is 0 Å². The van der Waals surface area contributed by atoms with Gasteiger partial charge in [0.05, 0.1) is 25.4 Å². The van der Waals surface area contributed by atoms with Crippen LogP contribution in [0.1, 0.15) is 373 Å². The molecule has 0 aromatic heterocycles. The van der Waals surface area contributed by atoms with Gasteiger partial charge in [0.1, 0.15) is 0 Å². The Morgan fingerprint density at radius 3 is 1.00 bits per heavy atom. The Morgan fingerprint density at radius 1 is 0.375 bits per heavy atom. The van der Waals surface area contributed by atoms with E-state index >= 15 is 0 Å². The van der Waals surface area contributed by atoms with E-state index in [1.165, 1.54) is 295 Å². The number of hydrogen-bond donors (Lipinski definition) is 3. The van der Waals surface area contributed by atoms with Crippen LogP contribution in [0.3, 0.4) is 0 Å². The van der Waals surface area contributed by atoms with Gasteiger partial charge in [0, 0.05) is 12.8 Å². The number of aliphatic hydroxyl groups is 2. The van der Waals surface area contributed by atoms with Crippen molar-refractivity contribution in [3.8, 4) is 0 Å². The average molecular weight is 1020 g/mol.